The zero-order valence-electron chi connectivity index (χ0n) is 16.6. The van der Waals surface area contributed by atoms with Crippen molar-refractivity contribution in [3.63, 3.8) is 0 Å². The standard InChI is InChI=1S/C13H20N5O12P3/c1-14-11-7-12(16-4-15-11)18(5-17-7)8-6-2-13(6,10(20)9(8)19)3-28-32(24,25)30-33(26,27)29-31(21,22)23/h4-6,8-10,19-20H,2-3H2,1H3,(H,24,25)(H,26,27)(H,14,15,16)(H2,21,22,23)/t6-,8?,9?,10?,13+/m0/s1. The second-order valence-electron chi connectivity index (χ2n) is 7.63. The summed E-state index contributed by atoms with van der Waals surface area (Å²) >= 11 is 0. The predicted molar refractivity (Wildman–Crippen MR) is 106 cm³/mol. The van der Waals surface area contributed by atoms with Crippen LogP contribution in [0.3, 0.4) is 0 Å². The van der Waals surface area contributed by atoms with Crippen LogP contribution in [0, 0.1) is 11.3 Å². The number of anilines is 1. The zero-order valence-corrected chi connectivity index (χ0v) is 19.3. The van der Waals surface area contributed by atoms with Crippen molar-refractivity contribution in [2.45, 2.75) is 24.7 Å². The van der Waals surface area contributed by atoms with Gasteiger partial charge in [0.15, 0.2) is 11.5 Å². The molecule has 17 nitrogen and oxygen atoms in total. The molecule has 20 heteroatoms. The topological polar surface area (TPSA) is 256 Å². The smallest absolute Gasteiger partial charge is 0.390 e. The molecule has 2 saturated carbocycles. The molecule has 2 aliphatic rings. The maximum atomic E-state index is 12.0. The molecule has 7 atom stereocenters. The summed E-state index contributed by atoms with van der Waals surface area (Å²) in [6.07, 6.45) is 0.202. The van der Waals surface area contributed by atoms with Crippen LogP contribution in [0.1, 0.15) is 12.5 Å². The van der Waals surface area contributed by atoms with Crippen molar-refractivity contribution >= 4 is 40.4 Å². The summed E-state index contributed by atoms with van der Waals surface area (Å²) in [6, 6.07) is -0.728. The first-order chi connectivity index (χ1) is 15.2. The van der Waals surface area contributed by atoms with Gasteiger partial charge in [0.1, 0.15) is 17.9 Å². The highest BCUT2D eigenvalue weighted by Gasteiger charge is 2.72. The van der Waals surface area contributed by atoms with Gasteiger partial charge in [-0.25, -0.2) is 28.6 Å². The number of imidazole rings is 1. The van der Waals surface area contributed by atoms with E-state index in [9.17, 15) is 33.7 Å². The molecular weight excluding hydrogens is 511 g/mol. The molecular formula is C13H20N5O12P3. The molecule has 2 aromatic heterocycles. The Morgan fingerprint density at radius 3 is 2.45 bits per heavy atom. The van der Waals surface area contributed by atoms with Crippen LogP contribution in [0.15, 0.2) is 12.7 Å². The molecule has 0 spiro atoms. The Kier molecular flexibility index (Phi) is 6.10. The summed E-state index contributed by atoms with van der Waals surface area (Å²) < 4.78 is 47.8. The first kappa shape index (κ1) is 24.8. The van der Waals surface area contributed by atoms with Gasteiger partial charge in [-0.2, -0.15) is 8.62 Å². The molecule has 0 amide bonds. The number of rotatable bonds is 9. The van der Waals surface area contributed by atoms with Gasteiger partial charge in [-0.15, -0.1) is 0 Å². The van der Waals surface area contributed by atoms with Gasteiger partial charge >= 0.3 is 23.5 Å². The minimum absolute atomic E-state index is 0.245. The average Bonchev–Trinajstić information content (AvgIpc) is 3.17. The van der Waals surface area contributed by atoms with Gasteiger partial charge in [-0.3, -0.25) is 4.52 Å². The van der Waals surface area contributed by atoms with Crippen molar-refractivity contribution in [2.24, 2.45) is 11.3 Å². The second kappa shape index (κ2) is 8.12. The van der Waals surface area contributed by atoms with Crippen LogP contribution in [0.5, 0.6) is 0 Å². The zero-order chi connectivity index (χ0) is 24.4. The van der Waals surface area contributed by atoms with Crippen molar-refractivity contribution in [3.05, 3.63) is 12.7 Å². The molecule has 2 aliphatic carbocycles. The summed E-state index contributed by atoms with van der Waals surface area (Å²) in [5, 5.41) is 24.1. The lowest BCUT2D eigenvalue weighted by atomic mass is 10.0. The summed E-state index contributed by atoms with van der Waals surface area (Å²) in [5.41, 5.74) is -0.403. The van der Waals surface area contributed by atoms with Crippen LogP contribution in [0.25, 0.3) is 11.2 Å². The van der Waals surface area contributed by atoms with Crippen molar-refractivity contribution in [2.75, 3.05) is 19.0 Å². The summed E-state index contributed by atoms with van der Waals surface area (Å²) in [5.74, 6) is -0.0123. The molecule has 0 saturated heterocycles. The average molecular weight is 531 g/mol. The maximum Gasteiger partial charge on any atom is 0.490 e. The number of nitrogens with zero attached hydrogens (tertiary/aromatic N) is 4. The number of hydrogen-bond acceptors (Lipinski definition) is 12. The monoisotopic (exact) mass is 531 g/mol. The number of phosphoric acid groups is 3. The Labute approximate surface area is 184 Å². The van der Waals surface area contributed by atoms with E-state index in [1.165, 1.54) is 12.7 Å². The van der Waals surface area contributed by atoms with E-state index in [0.29, 0.717) is 17.0 Å². The molecule has 33 heavy (non-hydrogen) atoms. The van der Waals surface area contributed by atoms with Crippen molar-refractivity contribution in [3.8, 4) is 0 Å². The lowest BCUT2D eigenvalue weighted by molar-refractivity contribution is -0.0297. The van der Waals surface area contributed by atoms with E-state index in [0.717, 1.165) is 0 Å². The fraction of sp³-hybridized carbons (Fsp3) is 0.615. The van der Waals surface area contributed by atoms with Crippen LogP contribution in [-0.4, -0.2) is 75.2 Å². The molecule has 0 aliphatic heterocycles. The number of fused-ring (bicyclic) bond motifs is 2. The second-order valence-corrected chi connectivity index (χ2v) is 12.1. The number of aromatic nitrogens is 4. The van der Waals surface area contributed by atoms with E-state index in [4.69, 9.17) is 14.3 Å². The third-order valence-corrected chi connectivity index (χ3v) is 9.46. The lowest BCUT2D eigenvalue weighted by Crippen LogP contribution is -2.35. The summed E-state index contributed by atoms with van der Waals surface area (Å²) in [4.78, 5) is 48.5. The minimum Gasteiger partial charge on any atom is -0.390 e. The van der Waals surface area contributed by atoms with Crippen molar-refractivity contribution in [1.29, 1.82) is 0 Å². The van der Waals surface area contributed by atoms with Crippen LogP contribution in [0.2, 0.25) is 0 Å². The van der Waals surface area contributed by atoms with Crippen LogP contribution >= 0.6 is 23.5 Å². The van der Waals surface area contributed by atoms with Gasteiger partial charge in [0.2, 0.25) is 0 Å². The predicted octanol–water partition coefficient (Wildman–Crippen LogP) is -0.506. The molecule has 0 bridgehead atoms. The van der Waals surface area contributed by atoms with Gasteiger partial charge < -0.3 is 39.7 Å². The number of hydrogen-bond donors (Lipinski definition) is 7. The summed E-state index contributed by atoms with van der Waals surface area (Å²) in [7, 11) is -14.9. The normalized spacial score (nSPS) is 32.8. The quantitative estimate of drug-likeness (QED) is 0.201. The van der Waals surface area contributed by atoms with Crippen LogP contribution in [-0.2, 0) is 26.8 Å². The van der Waals surface area contributed by atoms with Crippen LogP contribution < -0.4 is 5.32 Å². The van der Waals surface area contributed by atoms with E-state index in [1.54, 1.807) is 11.6 Å². The Hall–Kier alpha value is -1.32. The van der Waals surface area contributed by atoms with Gasteiger partial charge in [-0.1, -0.05) is 0 Å². The largest absolute Gasteiger partial charge is 0.490 e. The van der Waals surface area contributed by atoms with E-state index in [2.05, 4.69) is 28.9 Å². The molecule has 2 fully saturated rings. The van der Waals surface area contributed by atoms with Crippen molar-refractivity contribution in [1.82, 2.24) is 19.5 Å². The highest BCUT2D eigenvalue weighted by atomic mass is 31.3. The fourth-order valence-electron chi connectivity index (χ4n) is 4.28. The lowest BCUT2D eigenvalue weighted by Gasteiger charge is -2.24. The number of aliphatic hydroxyl groups is 2. The van der Waals surface area contributed by atoms with Gasteiger partial charge in [0.25, 0.3) is 0 Å². The number of phosphoric ester groups is 1. The number of nitrogens with one attached hydrogen (secondary N) is 1. The van der Waals surface area contributed by atoms with E-state index >= 15 is 0 Å². The van der Waals surface area contributed by atoms with E-state index in [1.807, 2.05) is 0 Å². The van der Waals surface area contributed by atoms with Crippen LogP contribution in [0.4, 0.5) is 5.82 Å². The molecule has 2 heterocycles. The third kappa shape index (κ3) is 4.65. The Morgan fingerprint density at radius 2 is 1.82 bits per heavy atom. The minimum atomic E-state index is -5.67. The molecule has 7 N–H and O–H groups in total. The fourth-order valence-corrected chi connectivity index (χ4v) is 7.38. The first-order valence-electron chi connectivity index (χ1n) is 9.19. The molecule has 0 radical (unpaired) electrons. The SMILES string of the molecule is CNc1ncnc2c1ncn2C1C(O)C(O)[C@@]2(COP(=O)(O)OP(=O)(O)OP(=O)(O)O)C[C@@H]12. The van der Waals surface area contributed by atoms with Gasteiger partial charge in [0, 0.05) is 12.5 Å². The summed E-state index contributed by atoms with van der Waals surface area (Å²) in [6.45, 7) is -0.681. The Morgan fingerprint density at radius 1 is 1.12 bits per heavy atom. The van der Waals surface area contributed by atoms with Gasteiger partial charge in [0.05, 0.1) is 25.1 Å². The Bertz CT molecular complexity index is 1220. The molecule has 184 valence electrons. The van der Waals surface area contributed by atoms with E-state index in [-0.39, 0.29) is 6.42 Å². The van der Waals surface area contributed by atoms with Crippen molar-refractivity contribution < 1.29 is 56.6 Å². The molecule has 0 aromatic carbocycles. The molecule has 5 unspecified atom stereocenters. The maximum absolute atomic E-state index is 12.0. The van der Waals surface area contributed by atoms with E-state index < -0.39 is 59.7 Å². The highest BCUT2D eigenvalue weighted by Crippen LogP contribution is 2.71. The Balaban J connectivity index is 1.51. The van der Waals surface area contributed by atoms with Gasteiger partial charge in [-0.05, 0) is 12.3 Å². The number of aliphatic hydroxyl groups excluding tert-OH is 2. The molecule has 4 rings (SSSR count). The molecule has 2 aromatic rings. The highest BCUT2D eigenvalue weighted by molar-refractivity contribution is 7.66. The third-order valence-electron chi connectivity index (χ3n) is 5.68. The first-order valence-corrected chi connectivity index (χ1v) is 13.7.